The molecule has 2 atom stereocenters. The number of fused-ring (bicyclic) bond motifs is 1. The molecule has 0 aliphatic carbocycles. The molecule has 1 aromatic carbocycles. The van der Waals surface area contributed by atoms with Gasteiger partial charge in [0.2, 0.25) is 11.8 Å². The third-order valence-corrected chi connectivity index (χ3v) is 5.53. The standard InChI is InChI=1S/C24H36N4O6/c1-7-16(4)22(23(30)25-9-8-10-34-15(2)3)27-21(29)13-28-14-26-18-12-20(33-6)19(32-5)11-17(18)24(28)31/h11-12,14-16,22H,7-10,13H2,1-6H3,(H,25,30)(H,27,29)/t16?,22-/m0/s1. The van der Waals surface area contributed by atoms with Crippen molar-refractivity contribution in [3.05, 3.63) is 28.8 Å². The zero-order chi connectivity index (χ0) is 25.3. The molecule has 2 N–H and O–H groups in total. The van der Waals surface area contributed by atoms with Crippen molar-refractivity contribution in [1.29, 1.82) is 0 Å². The molecule has 0 radical (unpaired) electrons. The molecule has 0 aliphatic heterocycles. The predicted molar refractivity (Wildman–Crippen MR) is 129 cm³/mol. The Labute approximate surface area is 200 Å². The lowest BCUT2D eigenvalue weighted by atomic mass is 9.98. The van der Waals surface area contributed by atoms with E-state index in [1.165, 1.54) is 31.2 Å². The summed E-state index contributed by atoms with van der Waals surface area (Å²) >= 11 is 0. The Hall–Kier alpha value is -3.14. The Kier molecular flexibility index (Phi) is 10.3. The third kappa shape index (κ3) is 7.18. The van der Waals surface area contributed by atoms with Gasteiger partial charge in [-0.2, -0.15) is 0 Å². The SMILES string of the molecule is CCC(C)[C@H](NC(=O)Cn1cnc2cc(OC)c(OC)cc2c1=O)C(=O)NCCCOC(C)C. The Morgan fingerprint density at radius 3 is 2.41 bits per heavy atom. The van der Waals surface area contributed by atoms with Crippen LogP contribution in [0.4, 0.5) is 0 Å². The van der Waals surface area contributed by atoms with Gasteiger partial charge in [0.05, 0.1) is 37.6 Å². The number of ether oxygens (including phenoxy) is 3. The smallest absolute Gasteiger partial charge is 0.261 e. The maximum atomic E-state index is 12.9. The van der Waals surface area contributed by atoms with E-state index >= 15 is 0 Å². The van der Waals surface area contributed by atoms with Gasteiger partial charge in [-0.15, -0.1) is 0 Å². The lowest BCUT2D eigenvalue weighted by Gasteiger charge is -2.24. The second kappa shape index (κ2) is 12.9. The van der Waals surface area contributed by atoms with Crippen molar-refractivity contribution >= 4 is 22.7 Å². The molecule has 1 unspecified atom stereocenters. The van der Waals surface area contributed by atoms with E-state index in [9.17, 15) is 14.4 Å². The number of hydrogen-bond donors (Lipinski definition) is 2. The van der Waals surface area contributed by atoms with Crippen LogP contribution in [0, 0.1) is 5.92 Å². The first kappa shape index (κ1) is 27.1. The monoisotopic (exact) mass is 476 g/mol. The molecule has 2 aromatic rings. The molecule has 0 bridgehead atoms. The number of amides is 2. The van der Waals surface area contributed by atoms with Gasteiger partial charge in [-0.3, -0.25) is 19.0 Å². The van der Waals surface area contributed by atoms with E-state index in [0.29, 0.717) is 48.4 Å². The van der Waals surface area contributed by atoms with Crippen LogP contribution in [-0.4, -0.2) is 60.9 Å². The zero-order valence-electron chi connectivity index (χ0n) is 20.8. The molecule has 2 amide bonds. The third-order valence-electron chi connectivity index (χ3n) is 5.53. The number of nitrogens with zero attached hydrogens (tertiary/aromatic N) is 2. The van der Waals surface area contributed by atoms with Gasteiger partial charge in [0.15, 0.2) is 11.5 Å². The minimum absolute atomic E-state index is 0.0842. The maximum absolute atomic E-state index is 12.9. The minimum Gasteiger partial charge on any atom is -0.493 e. The molecule has 1 aromatic heterocycles. The molecular formula is C24H36N4O6. The summed E-state index contributed by atoms with van der Waals surface area (Å²) in [5.41, 5.74) is 0.0356. The van der Waals surface area contributed by atoms with Crippen molar-refractivity contribution in [2.45, 2.75) is 59.2 Å². The van der Waals surface area contributed by atoms with Gasteiger partial charge in [-0.25, -0.2) is 4.98 Å². The van der Waals surface area contributed by atoms with Crippen LogP contribution in [0.5, 0.6) is 11.5 Å². The van der Waals surface area contributed by atoms with Crippen LogP contribution in [0.15, 0.2) is 23.3 Å². The summed E-state index contributed by atoms with van der Waals surface area (Å²) in [5, 5.41) is 5.94. The molecule has 0 saturated heterocycles. The summed E-state index contributed by atoms with van der Waals surface area (Å²) in [7, 11) is 2.97. The first-order valence-corrected chi connectivity index (χ1v) is 11.5. The Morgan fingerprint density at radius 1 is 1.12 bits per heavy atom. The molecule has 0 fully saturated rings. The van der Waals surface area contributed by atoms with Crippen LogP contribution in [0.3, 0.4) is 0 Å². The van der Waals surface area contributed by atoms with Crippen molar-refractivity contribution in [2.24, 2.45) is 5.92 Å². The fraction of sp³-hybridized carbons (Fsp3) is 0.583. The highest BCUT2D eigenvalue weighted by Gasteiger charge is 2.26. The van der Waals surface area contributed by atoms with Gasteiger partial charge in [-0.1, -0.05) is 20.3 Å². The van der Waals surface area contributed by atoms with E-state index in [0.717, 1.165) is 0 Å². The van der Waals surface area contributed by atoms with E-state index in [4.69, 9.17) is 14.2 Å². The molecule has 34 heavy (non-hydrogen) atoms. The number of hydrogen-bond acceptors (Lipinski definition) is 7. The van der Waals surface area contributed by atoms with Crippen LogP contribution in [0.2, 0.25) is 0 Å². The van der Waals surface area contributed by atoms with Gasteiger partial charge in [0.25, 0.3) is 5.56 Å². The van der Waals surface area contributed by atoms with Gasteiger partial charge in [0, 0.05) is 19.2 Å². The van der Waals surface area contributed by atoms with Crippen LogP contribution in [-0.2, 0) is 20.9 Å². The second-order valence-corrected chi connectivity index (χ2v) is 8.40. The fourth-order valence-corrected chi connectivity index (χ4v) is 3.39. The summed E-state index contributed by atoms with van der Waals surface area (Å²) in [6, 6.07) is 2.43. The number of aromatic nitrogens is 2. The van der Waals surface area contributed by atoms with E-state index in [2.05, 4.69) is 15.6 Å². The summed E-state index contributed by atoms with van der Waals surface area (Å²) < 4.78 is 17.2. The normalized spacial score (nSPS) is 12.9. The number of carbonyl (C=O) groups is 2. The lowest BCUT2D eigenvalue weighted by Crippen LogP contribution is -2.51. The molecule has 1 heterocycles. The van der Waals surface area contributed by atoms with Gasteiger partial charge in [0.1, 0.15) is 12.6 Å². The molecule has 2 rings (SSSR count). The number of benzene rings is 1. The second-order valence-electron chi connectivity index (χ2n) is 8.40. The quantitative estimate of drug-likeness (QED) is 0.424. The number of methoxy groups -OCH3 is 2. The Morgan fingerprint density at radius 2 is 1.79 bits per heavy atom. The lowest BCUT2D eigenvalue weighted by molar-refractivity contribution is -0.130. The number of nitrogens with one attached hydrogen (secondary N) is 2. The Balaban J connectivity index is 2.10. The molecule has 10 nitrogen and oxygen atoms in total. The summed E-state index contributed by atoms with van der Waals surface area (Å²) in [5.74, 6) is 0.0541. The van der Waals surface area contributed by atoms with Crippen LogP contribution in [0.1, 0.15) is 40.5 Å². The summed E-state index contributed by atoms with van der Waals surface area (Å²) in [6.07, 6.45) is 2.83. The Bertz CT molecular complexity index is 1040. The van der Waals surface area contributed by atoms with E-state index in [1.807, 2.05) is 27.7 Å². The van der Waals surface area contributed by atoms with Gasteiger partial charge in [-0.05, 0) is 32.3 Å². The van der Waals surface area contributed by atoms with E-state index in [1.54, 1.807) is 6.07 Å². The van der Waals surface area contributed by atoms with Crippen molar-refractivity contribution < 1.29 is 23.8 Å². The molecule has 0 spiro atoms. The number of carbonyl (C=O) groups excluding carboxylic acids is 2. The molecule has 0 saturated carbocycles. The largest absolute Gasteiger partial charge is 0.493 e. The highest BCUT2D eigenvalue weighted by molar-refractivity contribution is 5.88. The first-order chi connectivity index (χ1) is 16.2. The summed E-state index contributed by atoms with van der Waals surface area (Å²) in [6.45, 7) is 8.50. The highest BCUT2D eigenvalue weighted by atomic mass is 16.5. The van der Waals surface area contributed by atoms with Crippen molar-refractivity contribution in [3.63, 3.8) is 0 Å². The zero-order valence-corrected chi connectivity index (χ0v) is 20.8. The predicted octanol–water partition coefficient (Wildman–Crippen LogP) is 1.88. The molecule has 0 aliphatic rings. The van der Waals surface area contributed by atoms with E-state index in [-0.39, 0.29) is 24.5 Å². The van der Waals surface area contributed by atoms with Crippen molar-refractivity contribution in [3.8, 4) is 11.5 Å². The van der Waals surface area contributed by atoms with Gasteiger partial charge >= 0.3 is 0 Å². The molecule has 188 valence electrons. The minimum atomic E-state index is -0.711. The highest BCUT2D eigenvalue weighted by Crippen LogP contribution is 2.29. The average molecular weight is 477 g/mol. The van der Waals surface area contributed by atoms with Gasteiger partial charge < -0.3 is 24.8 Å². The van der Waals surface area contributed by atoms with Crippen LogP contribution < -0.4 is 25.7 Å². The van der Waals surface area contributed by atoms with Crippen LogP contribution in [0.25, 0.3) is 10.9 Å². The molecule has 10 heteroatoms. The first-order valence-electron chi connectivity index (χ1n) is 11.5. The fourth-order valence-electron chi connectivity index (χ4n) is 3.39. The van der Waals surface area contributed by atoms with Crippen molar-refractivity contribution in [2.75, 3.05) is 27.4 Å². The number of rotatable bonds is 13. The molecular weight excluding hydrogens is 440 g/mol. The maximum Gasteiger partial charge on any atom is 0.261 e. The topological polar surface area (TPSA) is 121 Å². The van der Waals surface area contributed by atoms with Crippen LogP contribution >= 0.6 is 0 Å². The summed E-state index contributed by atoms with van der Waals surface area (Å²) in [4.78, 5) is 42.7. The van der Waals surface area contributed by atoms with E-state index < -0.39 is 17.5 Å². The van der Waals surface area contributed by atoms with Crippen molar-refractivity contribution in [1.82, 2.24) is 20.2 Å². The average Bonchev–Trinajstić information content (AvgIpc) is 2.82.